The molecule has 0 aromatic heterocycles. The molecule has 1 saturated heterocycles. The average Bonchev–Trinajstić information content (AvgIpc) is 3.39. The Labute approximate surface area is 167 Å². The highest BCUT2D eigenvalue weighted by Gasteiger charge is 2.44. The minimum atomic E-state index is -2.98. The number of nitrogens with zero attached hydrogens (tertiary/aromatic N) is 1. The van der Waals surface area contributed by atoms with E-state index in [9.17, 15) is 13.2 Å². The number of aliphatic imine (C=N–C) groups is 1. The van der Waals surface area contributed by atoms with E-state index in [0.717, 1.165) is 25.9 Å². The Balaban J connectivity index is 1.45. The molecule has 1 saturated carbocycles. The van der Waals surface area contributed by atoms with Crippen molar-refractivity contribution in [3.05, 3.63) is 35.9 Å². The number of carbonyl (C=O) groups is 1. The molecule has 3 rings (SSSR count). The summed E-state index contributed by atoms with van der Waals surface area (Å²) in [5, 5.41) is 9.23. The number of carbonyl (C=O) groups excluding carboxylic acids is 1. The summed E-state index contributed by atoms with van der Waals surface area (Å²) < 4.78 is 22.9. The molecule has 2 aliphatic rings. The van der Waals surface area contributed by atoms with Crippen molar-refractivity contribution in [2.75, 3.05) is 31.1 Å². The summed E-state index contributed by atoms with van der Waals surface area (Å²) >= 11 is 0. The van der Waals surface area contributed by atoms with Gasteiger partial charge in [0.2, 0.25) is 5.91 Å². The molecular formula is C20H30N4O3S. The van der Waals surface area contributed by atoms with Gasteiger partial charge in [-0.05, 0) is 31.7 Å². The minimum Gasteiger partial charge on any atom is -0.357 e. The zero-order chi connectivity index (χ0) is 20.0. The van der Waals surface area contributed by atoms with Crippen LogP contribution >= 0.6 is 0 Å². The second-order valence-electron chi connectivity index (χ2n) is 7.69. The van der Waals surface area contributed by atoms with Crippen LogP contribution in [0.15, 0.2) is 35.3 Å². The number of hydrogen-bond donors (Lipinski definition) is 3. The highest BCUT2D eigenvalue weighted by atomic mass is 32.2. The van der Waals surface area contributed by atoms with Gasteiger partial charge >= 0.3 is 0 Å². The van der Waals surface area contributed by atoms with Crippen LogP contribution in [0.3, 0.4) is 0 Å². The van der Waals surface area contributed by atoms with Crippen molar-refractivity contribution in [2.45, 2.75) is 44.1 Å². The fourth-order valence-electron chi connectivity index (χ4n) is 3.56. The maximum absolute atomic E-state index is 12.1. The number of sulfone groups is 1. The van der Waals surface area contributed by atoms with Gasteiger partial charge in [0.25, 0.3) is 0 Å². The zero-order valence-corrected chi connectivity index (χ0v) is 17.2. The summed E-state index contributed by atoms with van der Waals surface area (Å²) in [5.41, 5.74) is 1.48. The molecular weight excluding hydrogens is 376 g/mol. The van der Waals surface area contributed by atoms with Crippen LogP contribution in [0.2, 0.25) is 0 Å². The predicted octanol–water partition coefficient (Wildman–Crippen LogP) is 0.967. The fraction of sp³-hybridized carbons (Fsp3) is 0.600. The minimum absolute atomic E-state index is 0.0534. The van der Waals surface area contributed by atoms with Crippen LogP contribution in [0.4, 0.5) is 0 Å². The first kappa shape index (κ1) is 20.6. The number of benzene rings is 1. The lowest BCUT2D eigenvalue weighted by Crippen LogP contribution is -2.41. The van der Waals surface area contributed by atoms with E-state index in [-0.39, 0.29) is 35.3 Å². The third kappa shape index (κ3) is 5.70. The van der Waals surface area contributed by atoms with E-state index in [1.807, 2.05) is 13.0 Å². The third-order valence-corrected chi connectivity index (χ3v) is 7.13. The summed E-state index contributed by atoms with van der Waals surface area (Å²) in [7, 11) is -2.98. The number of amides is 1. The van der Waals surface area contributed by atoms with E-state index in [4.69, 9.17) is 4.99 Å². The molecule has 154 valence electrons. The fourth-order valence-corrected chi connectivity index (χ4v) is 5.23. The summed E-state index contributed by atoms with van der Waals surface area (Å²) in [6.45, 7) is 3.93. The van der Waals surface area contributed by atoms with E-state index < -0.39 is 9.84 Å². The van der Waals surface area contributed by atoms with Gasteiger partial charge in [-0.15, -0.1) is 0 Å². The maximum Gasteiger partial charge on any atom is 0.222 e. The molecule has 1 aliphatic heterocycles. The first-order chi connectivity index (χ1) is 13.4. The maximum atomic E-state index is 12.1. The van der Waals surface area contributed by atoms with Crippen LogP contribution in [-0.2, 0) is 20.0 Å². The van der Waals surface area contributed by atoms with Crippen molar-refractivity contribution in [3.63, 3.8) is 0 Å². The first-order valence-corrected chi connectivity index (χ1v) is 11.8. The van der Waals surface area contributed by atoms with Gasteiger partial charge in [-0.25, -0.2) is 8.42 Å². The van der Waals surface area contributed by atoms with Gasteiger partial charge in [0.05, 0.1) is 18.1 Å². The van der Waals surface area contributed by atoms with E-state index in [2.05, 4.69) is 40.2 Å². The number of hydrogen-bond acceptors (Lipinski definition) is 4. The lowest BCUT2D eigenvalue weighted by atomic mass is 9.96. The smallest absolute Gasteiger partial charge is 0.222 e. The molecule has 2 fully saturated rings. The molecule has 8 heteroatoms. The molecule has 1 unspecified atom stereocenters. The molecule has 28 heavy (non-hydrogen) atoms. The zero-order valence-electron chi connectivity index (χ0n) is 16.4. The summed E-state index contributed by atoms with van der Waals surface area (Å²) in [6.07, 6.45) is 3.08. The molecule has 1 atom stereocenters. The van der Waals surface area contributed by atoms with E-state index in [1.165, 1.54) is 5.56 Å². The van der Waals surface area contributed by atoms with Crippen molar-refractivity contribution in [1.82, 2.24) is 16.0 Å². The highest BCUT2D eigenvalue weighted by molar-refractivity contribution is 7.91. The Morgan fingerprint density at radius 2 is 1.96 bits per heavy atom. The largest absolute Gasteiger partial charge is 0.357 e. The molecule has 1 heterocycles. The van der Waals surface area contributed by atoms with Crippen molar-refractivity contribution in [3.8, 4) is 0 Å². The predicted molar refractivity (Wildman–Crippen MR) is 111 cm³/mol. The van der Waals surface area contributed by atoms with Gasteiger partial charge in [-0.2, -0.15) is 0 Å². The Hall–Kier alpha value is -2.09. The lowest BCUT2D eigenvalue weighted by molar-refractivity contribution is -0.121. The van der Waals surface area contributed by atoms with Gasteiger partial charge in [0.15, 0.2) is 15.8 Å². The monoisotopic (exact) mass is 406 g/mol. The quantitative estimate of drug-likeness (QED) is 0.441. The molecule has 1 aliphatic carbocycles. The SMILES string of the molecule is CCNC(=NCC1(c2ccccc2)CC1)NCCC(=O)NC1CCS(=O)(=O)C1. The van der Waals surface area contributed by atoms with Crippen LogP contribution < -0.4 is 16.0 Å². The molecule has 7 nitrogen and oxygen atoms in total. The van der Waals surface area contributed by atoms with Crippen LogP contribution in [-0.4, -0.2) is 57.5 Å². The number of rotatable bonds is 8. The Bertz CT molecular complexity index is 804. The van der Waals surface area contributed by atoms with Gasteiger partial charge in [-0.3, -0.25) is 9.79 Å². The summed E-state index contributed by atoms with van der Waals surface area (Å²) in [4.78, 5) is 16.8. The number of guanidine groups is 1. The molecule has 1 aromatic rings. The molecule has 0 spiro atoms. The Kier molecular flexibility index (Phi) is 6.59. The van der Waals surface area contributed by atoms with E-state index in [0.29, 0.717) is 18.9 Å². The standard InChI is InChI=1S/C20H30N4O3S/c1-2-21-19(23-15-20(10-11-20)16-6-4-3-5-7-16)22-12-8-18(25)24-17-9-13-28(26,27)14-17/h3-7,17H,2,8-15H2,1H3,(H,24,25)(H2,21,22,23). The Morgan fingerprint density at radius 1 is 1.21 bits per heavy atom. The van der Waals surface area contributed by atoms with Crippen LogP contribution in [0.5, 0.6) is 0 Å². The summed E-state index contributed by atoms with van der Waals surface area (Å²) in [6, 6.07) is 10.2. The third-order valence-electron chi connectivity index (χ3n) is 5.37. The molecule has 3 N–H and O–H groups in total. The summed E-state index contributed by atoms with van der Waals surface area (Å²) in [5.74, 6) is 0.795. The van der Waals surface area contributed by atoms with Gasteiger partial charge in [-0.1, -0.05) is 30.3 Å². The van der Waals surface area contributed by atoms with Crippen LogP contribution in [0.1, 0.15) is 38.2 Å². The van der Waals surface area contributed by atoms with Gasteiger partial charge in [0.1, 0.15) is 0 Å². The second-order valence-corrected chi connectivity index (χ2v) is 9.91. The molecule has 1 amide bonds. The van der Waals surface area contributed by atoms with E-state index in [1.54, 1.807) is 0 Å². The molecule has 0 bridgehead atoms. The van der Waals surface area contributed by atoms with Gasteiger partial charge < -0.3 is 16.0 Å². The highest BCUT2D eigenvalue weighted by Crippen LogP contribution is 2.48. The molecule has 1 aromatic carbocycles. The number of nitrogens with one attached hydrogen (secondary N) is 3. The van der Waals surface area contributed by atoms with Crippen LogP contribution in [0.25, 0.3) is 0 Å². The van der Waals surface area contributed by atoms with Crippen molar-refractivity contribution in [2.24, 2.45) is 4.99 Å². The van der Waals surface area contributed by atoms with Crippen molar-refractivity contribution >= 4 is 21.7 Å². The van der Waals surface area contributed by atoms with Crippen LogP contribution in [0, 0.1) is 0 Å². The van der Waals surface area contributed by atoms with Crippen molar-refractivity contribution in [1.29, 1.82) is 0 Å². The topological polar surface area (TPSA) is 99.7 Å². The van der Waals surface area contributed by atoms with Crippen molar-refractivity contribution < 1.29 is 13.2 Å². The first-order valence-electron chi connectivity index (χ1n) is 10.00. The average molecular weight is 407 g/mol. The van der Waals surface area contributed by atoms with Gasteiger partial charge in [0, 0.05) is 31.0 Å². The molecule has 0 radical (unpaired) electrons. The second kappa shape index (κ2) is 8.94. The van der Waals surface area contributed by atoms with E-state index >= 15 is 0 Å². The normalized spacial score (nSPS) is 22.5. The lowest BCUT2D eigenvalue weighted by Gasteiger charge is -2.16. The Morgan fingerprint density at radius 3 is 2.57 bits per heavy atom.